The number of H-pyrrole nitrogens is 1. The van der Waals surface area contributed by atoms with Gasteiger partial charge in [0.25, 0.3) is 0 Å². The lowest BCUT2D eigenvalue weighted by molar-refractivity contribution is 1.18. The van der Waals surface area contributed by atoms with Gasteiger partial charge in [0.1, 0.15) is 4.64 Å². The molecular formula is C10H7ClN2S. The SMILES string of the molecule is S=c1cnc(-c2cccc(Cl)c2)c[nH]1. The average Bonchev–Trinajstić information content (AvgIpc) is 2.19. The van der Waals surface area contributed by atoms with Crippen LogP contribution in [0, 0.1) is 4.64 Å². The highest BCUT2D eigenvalue weighted by Crippen LogP contribution is 2.19. The van der Waals surface area contributed by atoms with Gasteiger partial charge in [-0.2, -0.15) is 0 Å². The molecule has 0 atom stereocenters. The molecule has 0 aliphatic carbocycles. The number of benzene rings is 1. The Morgan fingerprint density at radius 3 is 2.86 bits per heavy atom. The second-order valence-corrected chi connectivity index (χ2v) is 3.68. The van der Waals surface area contributed by atoms with Crippen molar-refractivity contribution in [3.05, 3.63) is 46.3 Å². The van der Waals surface area contributed by atoms with Gasteiger partial charge in [-0.15, -0.1) is 0 Å². The molecule has 0 bridgehead atoms. The Morgan fingerprint density at radius 2 is 2.21 bits per heavy atom. The van der Waals surface area contributed by atoms with E-state index >= 15 is 0 Å². The standard InChI is InChI=1S/C10H7ClN2S/c11-8-3-1-2-7(4-8)9-5-13-10(14)6-12-9/h1-6H,(H,13,14). The Kier molecular flexibility index (Phi) is 2.61. The van der Waals surface area contributed by atoms with Gasteiger partial charge < -0.3 is 4.98 Å². The molecule has 14 heavy (non-hydrogen) atoms. The molecule has 2 nitrogen and oxygen atoms in total. The molecule has 70 valence electrons. The molecule has 2 aromatic rings. The maximum absolute atomic E-state index is 5.87. The topological polar surface area (TPSA) is 28.7 Å². The number of nitrogens with one attached hydrogen (secondary N) is 1. The maximum atomic E-state index is 5.87. The van der Waals surface area contributed by atoms with Crippen LogP contribution in [0.3, 0.4) is 0 Å². The average molecular weight is 223 g/mol. The zero-order valence-electron chi connectivity index (χ0n) is 7.20. The molecule has 1 aromatic heterocycles. The lowest BCUT2D eigenvalue weighted by atomic mass is 10.2. The van der Waals surface area contributed by atoms with Gasteiger partial charge in [0.15, 0.2) is 0 Å². The molecule has 2 rings (SSSR count). The van der Waals surface area contributed by atoms with E-state index in [1.165, 1.54) is 0 Å². The summed E-state index contributed by atoms with van der Waals surface area (Å²) >= 11 is 10.8. The predicted molar refractivity (Wildman–Crippen MR) is 59.9 cm³/mol. The molecule has 1 heterocycles. The monoisotopic (exact) mass is 222 g/mol. The molecule has 0 radical (unpaired) electrons. The quantitative estimate of drug-likeness (QED) is 0.749. The van der Waals surface area contributed by atoms with E-state index < -0.39 is 0 Å². The van der Waals surface area contributed by atoms with Crippen molar-refractivity contribution < 1.29 is 0 Å². The Balaban J connectivity index is 2.49. The highest BCUT2D eigenvalue weighted by molar-refractivity contribution is 7.71. The normalized spacial score (nSPS) is 10.1. The molecule has 0 amide bonds. The van der Waals surface area contributed by atoms with Gasteiger partial charge in [-0.3, -0.25) is 4.98 Å². The summed E-state index contributed by atoms with van der Waals surface area (Å²) in [6.45, 7) is 0. The van der Waals surface area contributed by atoms with Crippen molar-refractivity contribution in [1.29, 1.82) is 0 Å². The Labute approximate surface area is 91.6 Å². The Hall–Kier alpha value is -1.19. The van der Waals surface area contributed by atoms with Crippen LogP contribution in [0.25, 0.3) is 11.3 Å². The second-order valence-electron chi connectivity index (χ2n) is 2.81. The van der Waals surface area contributed by atoms with Crippen molar-refractivity contribution >= 4 is 23.8 Å². The molecular weight excluding hydrogens is 216 g/mol. The summed E-state index contributed by atoms with van der Waals surface area (Å²) in [6, 6.07) is 7.53. The van der Waals surface area contributed by atoms with Crippen LogP contribution in [0.5, 0.6) is 0 Å². The van der Waals surface area contributed by atoms with Crippen LogP contribution in [0.15, 0.2) is 36.7 Å². The molecule has 4 heteroatoms. The van der Waals surface area contributed by atoms with E-state index in [4.69, 9.17) is 23.8 Å². The number of rotatable bonds is 1. The van der Waals surface area contributed by atoms with Crippen molar-refractivity contribution in [3.8, 4) is 11.3 Å². The second kappa shape index (κ2) is 3.90. The predicted octanol–water partition coefficient (Wildman–Crippen LogP) is 3.46. The van der Waals surface area contributed by atoms with Crippen LogP contribution < -0.4 is 0 Å². The summed E-state index contributed by atoms with van der Waals surface area (Å²) in [7, 11) is 0. The van der Waals surface area contributed by atoms with Crippen molar-refractivity contribution in [2.24, 2.45) is 0 Å². The zero-order chi connectivity index (χ0) is 9.97. The van der Waals surface area contributed by atoms with E-state index in [0.29, 0.717) is 9.66 Å². The van der Waals surface area contributed by atoms with Crippen molar-refractivity contribution in [1.82, 2.24) is 9.97 Å². The van der Waals surface area contributed by atoms with Gasteiger partial charge in [-0.25, -0.2) is 0 Å². The molecule has 0 unspecified atom stereocenters. The minimum absolute atomic E-state index is 0.621. The van der Waals surface area contributed by atoms with E-state index in [-0.39, 0.29) is 0 Å². The fourth-order valence-electron chi connectivity index (χ4n) is 1.15. The summed E-state index contributed by atoms with van der Waals surface area (Å²) in [5.41, 5.74) is 1.81. The van der Waals surface area contributed by atoms with E-state index in [9.17, 15) is 0 Å². The third-order valence-corrected chi connectivity index (χ3v) is 2.25. The number of nitrogens with zero attached hydrogens (tertiary/aromatic N) is 1. The third kappa shape index (κ3) is 2.00. The minimum Gasteiger partial charge on any atom is -0.350 e. The molecule has 0 aliphatic heterocycles. The van der Waals surface area contributed by atoms with Crippen LogP contribution >= 0.6 is 23.8 Å². The van der Waals surface area contributed by atoms with Crippen molar-refractivity contribution in [2.45, 2.75) is 0 Å². The Morgan fingerprint density at radius 1 is 1.36 bits per heavy atom. The molecule has 1 aromatic carbocycles. The number of hydrogen-bond acceptors (Lipinski definition) is 2. The molecule has 1 N–H and O–H groups in total. The number of aromatic nitrogens is 2. The summed E-state index contributed by atoms with van der Waals surface area (Å²) in [5.74, 6) is 0. The number of hydrogen-bond donors (Lipinski definition) is 1. The first kappa shape index (κ1) is 9.37. The van der Waals surface area contributed by atoms with Crippen molar-refractivity contribution in [2.75, 3.05) is 0 Å². The van der Waals surface area contributed by atoms with Gasteiger partial charge in [-0.1, -0.05) is 36.0 Å². The Bertz CT molecular complexity index is 487. The lowest BCUT2D eigenvalue weighted by Crippen LogP contribution is -1.84. The highest BCUT2D eigenvalue weighted by atomic mass is 35.5. The summed E-state index contributed by atoms with van der Waals surface area (Å²) in [5, 5.41) is 0.701. The minimum atomic E-state index is 0.621. The third-order valence-electron chi connectivity index (χ3n) is 1.79. The van der Waals surface area contributed by atoms with Gasteiger partial charge in [0.05, 0.1) is 11.9 Å². The van der Waals surface area contributed by atoms with E-state index in [2.05, 4.69) is 9.97 Å². The number of halogens is 1. The van der Waals surface area contributed by atoms with Gasteiger partial charge >= 0.3 is 0 Å². The summed E-state index contributed by atoms with van der Waals surface area (Å²) in [4.78, 5) is 7.12. The largest absolute Gasteiger partial charge is 0.350 e. The smallest absolute Gasteiger partial charge is 0.121 e. The van der Waals surface area contributed by atoms with Gasteiger partial charge in [-0.05, 0) is 12.1 Å². The first-order chi connectivity index (χ1) is 6.75. The van der Waals surface area contributed by atoms with Crippen LogP contribution in [0.2, 0.25) is 5.02 Å². The highest BCUT2D eigenvalue weighted by Gasteiger charge is 1.98. The van der Waals surface area contributed by atoms with Gasteiger partial charge in [0, 0.05) is 16.8 Å². The van der Waals surface area contributed by atoms with E-state index in [1.807, 2.05) is 24.3 Å². The van der Waals surface area contributed by atoms with Crippen molar-refractivity contribution in [3.63, 3.8) is 0 Å². The fourth-order valence-corrected chi connectivity index (χ4v) is 1.45. The molecule has 0 aliphatic rings. The molecule has 0 saturated carbocycles. The molecule has 0 spiro atoms. The van der Waals surface area contributed by atoms with E-state index in [0.717, 1.165) is 11.3 Å². The van der Waals surface area contributed by atoms with Crippen LogP contribution in [-0.2, 0) is 0 Å². The van der Waals surface area contributed by atoms with Crippen LogP contribution in [-0.4, -0.2) is 9.97 Å². The lowest BCUT2D eigenvalue weighted by Gasteiger charge is -1.99. The van der Waals surface area contributed by atoms with Gasteiger partial charge in [0.2, 0.25) is 0 Å². The summed E-state index contributed by atoms with van der Waals surface area (Å²) in [6.07, 6.45) is 3.39. The maximum Gasteiger partial charge on any atom is 0.121 e. The first-order valence-corrected chi connectivity index (χ1v) is 4.85. The zero-order valence-corrected chi connectivity index (χ0v) is 8.77. The first-order valence-electron chi connectivity index (χ1n) is 4.06. The van der Waals surface area contributed by atoms with E-state index in [1.54, 1.807) is 12.4 Å². The molecule has 0 fully saturated rings. The summed E-state index contributed by atoms with van der Waals surface area (Å²) < 4.78 is 0.621. The number of aromatic amines is 1. The fraction of sp³-hybridized carbons (Fsp3) is 0. The van der Waals surface area contributed by atoms with Crippen LogP contribution in [0.1, 0.15) is 0 Å². The molecule has 0 saturated heterocycles. The van der Waals surface area contributed by atoms with Crippen LogP contribution in [0.4, 0.5) is 0 Å².